The molecule has 0 N–H and O–H groups in total. The van der Waals surface area contributed by atoms with Crippen molar-refractivity contribution in [2.75, 3.05) is 0 Å². The van der Waals surface area contributed by atoms with Crippen LogP contribution in [0, 0.1) is 49.0 Å². The van der Waals surface area contributed by atoms with Gasteiger partial charge in [-0.15, -0.1) is 23.7 Å². The first kappa shape index (κ1) is 52.4. The molecule has 0 amide bonds. The van der Waals surface area contributed by atoms with Crippen LogP contribution in [0.4, 0.5) is 0 Å². The first-order valence-electron chi connectivity index (χ1n) is 16.9. The molecule has 0 spiro atoms. The number of benzene rings is 2. The molecule has 0 nitrogen and oxygen atoms in total. The van der Waals surface area contributed by atoms with Crippen molar-refractivity contribution in [3.05, 3.63) is 119 Å². The van der Waals surface area contributed by atoms with Crippen LogP contribution in [0.2, 0.25) is 0 Å². The van der Waals surface area contributed by atoms with E-state index in [0.29, 0.717) is 47.3 Å². The predicted octanol–water partition coefficient (Wildman–Crippen LogP) is 13.9. The molecule has 254 valence electrons. The Kier molecular flexibility index (Phi) is 33.6. The first-order chi connectivity index (χ1) is 20.3. The van der Waals surface area contributed by atoms with E-state index in [2.05, 4.69) is 171 Å². The first-order valence-corrected chi connectivity index (χ1v) is 16.9. The molecule has 0 fully saturated rings. The summed E-state index contributed by atoms with van der Waals surface area (Å²) in [7, 11) is 0. The maximum absolute atomic E-state index is 5.66. The van der Waals surface area contributed by atoms with Gasteiger partial charge < -0.3 is 48.6 Å². The molecule has 0 bridgehead atoms. The SMILES string of the molecule is CC(C)c1ccc(C(C)C)cc1.CC(C)c1cccc(C(C)C)c1.[CH-]=C(C=[C-]C(C)C)C(C)C.[CH-]=CC(=[C-]C(C)C)C(C)C.[Y].[Y]. The summed E-state index contributed by atoms with van der Waals surface area (Å²) < 4.78 is 0. The van der Waals surface area contributed by atoms with Gasteiger partial charge in [-0.2, -0.15) is 0 Å². The second-order valence-electron chi connectivity index (χ2n) is 14.2. The fourth-order valence-corrected chi connectivity index (χ4v) is 3.71. The largest absolute Gasteiger partial charge is 0.394 e. The van der Waals surface area contributed by atoms with Crippen molar-refractivity contribution in [2.45, 2.75) is 134 Å². The number of rotatable bonds is 10. The van der Waals surface area contributed by atoms with E-state index in [-0.39, 0.29) is 65.4 Å². The van der Waals surface area contributed by atoms with Crippen molar-refractivity contribution in [1.82, 2.24) is 0 Å². The molecular formula is C44H68Y2-4. The Morgan fingerprint density at radius 2 is 0.913 bits per heavy atom. The van der Waals surface area contributed by atoms with Crippen molar-refractivity contribution in [3.8, 4) is 0 Å². The van der Waals surface area contributed by atoms with Crippen molar-refractivity contribution < 1.29 is 65.4 Å². The second-order valence-corrected chi connectivity index (χ2v) is 14.2. The molecule has 0 aromatic heterocycles. The summed E-state index contributed by atoms with van der Waals surface area (Å²) in [6.07, 6.45) is 9.93. The van der Waals surface area contributed by atoms with Gasteiger partial charge in [-0.25, -0.2) is 0 Å². The van der Waals surface area contributed by atoms with Crippen LogP contribution < -0.4 is 0 Å². The molecule has 2 aromatic carbocycles. The molecule has 0 saturated heterocycles. The molecule has 0 heterocycles. The number of hydrogen-bond donors (Lipinski definition) is 0. The predicted molar refractivity (Wildman–Crippen MR) is 200 cm³/mol. The Morgan fingerprint density at radius 3 is 1.13 bits per heavy atom. The molecule has 0 unspecified atom stereocenters. The van der Waals surface area contributed by atoms with Gasteiger partial charge in [-0.05, 0) is 45.9 Å². The molecule has 0 aliphatic heterocycles. The fraction of sp³-hybridized carbons (Fsp3) is 0.545. The zero-order chi connectivity index (χ0) is 34.6. The summed E-state index contributed by atoms with van der Waals surface area (Å²) in [6.45, 7) is 45.7. The summed E-state index contributed by atoms with van der Waals surface area (Å²) in [5.74, 6) is 4.44. The van der Waals surface area contributed by atoms with Crippen molar-refractivity contribution in [2.24, 2.45) is 23.7 Å². The van der Waals surface area contributed by atoms with Crippen LogP contribution in [0.15, 0.2) is 71.8 Å². The van der Waals surface area contributed by atoms with Crippen LogP contribution in [0.25, 0.3) is 0 Å². The Balaban J connectivity index is -0.000000253. The second kappa shape index (κ2) is 29.5. The summed E-state index contributed by atoms with van der Waals surface area (Å²) in [5, 5.41) is 0. The third-order valence-electron chi connectivity index (χ3n) is 7.02. The van der Waals surface area contributed by atoms with Gasteiger partial charge in [-0.3, -0.25) is 0 Å². The molecular weight excluding hydrogens is 706 g/mol. The topological polar surface area (TPSA) is 0 Å². The van der Waals surface area contributed by atoms with Crippen LogP contribution >= 0.6 is 0 Å². The third kappa shape index (κ3) is 26.5. The van der Waals surface area contributed by atoms with Crippen LogP contribution in [0.3, 0.4) is 0 Å². The van der Waals surface area contributed by atoms with Gasteiger partial charge in [-0.1, -0.05) is 159 Å². The molecule has 0 saturated carbocycles. The summed E-state index contributed by atoms with van der Waals surface area (Å²) in [6, 6.07) is 17.8. The van der Waals surface area contributed by atoms with E-state index < -0.39 is 0 Å². The van der Waals surface area contributed by atoms with E-state index in [1.807, 2.05) is 6.08 Å². The molecule has 46 heavy (non-hydrogen) atoms. The maximum Gasteiger partial charge on any atom is 0 e. The van der Waals surface area contributed by atoms with Crippen LogP contribution in [-0.2, 0) is 65.4 Å². The van der Waals surface area contributed by atoms with Gasteiger partial charge >= 0.3 is 0 Å². The van der Waals surface area contributed by atoms with Gasteiger partial charge in [0.15, 0.2) is 0 Å². The quantitative estimate of drug-likeness (QED) is 0.167. The Labute approximate surface area is 339 Å². The minimum atomic E-state index is 0. The Bertz CT molecular complexity index is 1040. The van der Waals surface area contributed by atoms with Crippen LogP contribution in [-0.4, -0.2) is 0 Å². The fourth-order valence-electron chi connectivity index (χ4n) is 3.71. The molecule has 2 rings (SSSR count). The van der Waals surface area contributed by atoms with Gasteiger partial charge in [0.1, 0.15) is 0 Å². The minimum absolute atomic E-state index is 0. The van der Waals surface area contributed by atoms with Gasteiger partial charge in [0.25, 0.3) is 0 Å². The molecule has 2 aromatic rings. The average molecular weight is 775 g/mol. The van der Waals surface area contributed by atoms with E-state index in [9.17, 15) is 0 Å². The zero-order valence-corrected chi connectivity index (χ0v) is 38.4. The molecule has 2 radical (unpaired) electrons. The van der Waals surface area contributed by atoms with Gasteiger partial charge in [0.05, 0.1) is 0 Å². The molecule has 2 heteroatoms. The molecule has 0 aliphatic rings. The van der Waals surface area contributed by atoms with Gasteiger partial charge in [0.2, 0.25) is 0 Å². The normalized spacial score (nSPS) is 11.2. The van der Waals surface area contributed by atoms with Gasteiger partial charge in [0, 0.05) is 65.4 Å². The number of allylic oxidation sites excluding steroid dienone is 6. The van der Waals surface area contributed by atoms with E-state index in [4.69, 9.17) is 13.2 Å². The standard InChI is InChI=1S/2C12H18.2C10H16.2Y/c1-9(2)11-5-7-12(8-6-11)10(3)4;1-9(2)11-6-5-7-12(8-11)10(3)4;1-8(2)6-7-10(5)9(3)4;1-6-10(9(4)5)7-8(2)3;;/h2*5-10H,1-4H3;5,7-9H,1-4H3;1,6,8-9H,2-5H3;;/q;;2*-2;;. The maximum atomic E-state index is 5.66. The van der Waals surface area contributed by atoms with Crippen molar-refractivity contribution in [3.63, 3.8) is 0 Å². The summed E-state index contributed by atoms with van der Waals surface area (Å²) >= 11 is 0. The van der Waals surface area contributed by atoms with E-state index in [1.165, 1.54) is 22.3 Å². The smallest absolute Gasteiger partial charge is 0 e. The Hall–Kier alpha value is -0.392. The van der Waals surface area contributed by atoms with Crippen LogP contribution in [0.1, 0.15) is 157 Å². The zero-order valence-electron chi connectivity index (χ0n) is 32.7. The Morgan fingerprint density at radius 1 is 0.543 bits per heavy atom. The van der Waals surface area contributed by atoms with E-state index in [0.717, 1.165) is 11.1 Å². The molecule has 0 atom stereocenters. The third-order valence-corrected chi connectivity index (χ3v) is 7.02. The minimum Gasteiger partial charge on any atom is -0.394 e. The molecule has 0 aliphatic carbocycles. The number of hydrogen-bond acceptors (Lipinski definition) is 0. The average Bonchev–Trinajstić information content (AvgIpc) is 2.95. The van der Waals surface area contributed by atoms with Crippen LogP contribution in [0.5, 0.6) is 0 Å². The van der Waals surface area contributed by atoms with E-state index >= 15 is 0 Å². The monoisotopic (exact) mass is 774 g/mol. The van der Waals surface area contributed by atoms with Crippen molar-refractivity contribution in [1.29, 1.82) is 0 Å². The summed E-state index contributed by atoms with van der Waals surface area (Å²) in [5.41, 5.74) is 7.78. The van der Waals surface area contributed by atoms with Crippen molar-refractivity contribution >= 4 is 0 Å². The van der Waals surface area contributed by atoms with E-state index in [1.54, 1.807) is 6.08 Å². The summed E-state index contributed by atoms with van der Waals surface area (Å²) in [4.78, 5) is 0.